The second kappa shape index (κ2) is 8.33. The Bertz CT molecular complexity index is 877. The van der Waals surface area contributed by atoms with Crippen molar-refractivity contribution in [2.45, 2.75) is 38.4 Å². The third-order valence-corrected chi connectivity index (χ3v) is 6.92. The van der Waals surface area contributed by atoms with Gasteiger partial charge in [0.25, 0.3) is 0 Å². The van der Waals surface area contributed by atoms with Crippen LogP contribution in [0.5, 0.6) is 11.5 Å². The number of rotatable bonds is 6. The lowest BCUT2D eigenvalue weighted by Gasteiger charge is -2.32. The average Bonchev–Trinajstić information content (AvgIpc) is 3.27. The highest BCUT2D eigenvalue weighted by Crippen LogP contribution is 2.50. The molecular weight excluding hydrogens is 438 g/mol. The molecule has 148 valence electrons. The van der Waals surface area contributed by atoms with E-state index < -0.39 is 0 Å². The molecule has 0 aliphatic carbocycles. The van der Waals surface area contributed by atoms with E-state index in [9.17, 15) is 0 Å². The van der Waals surface area contributed by atoms with Gasteiger partial charge in [0.15, 0.2) is 16.7 Å². The zero-order chi connectivity index (χ0) is 19.7. The minimum absolute atomic E-state index is 0.0344. The topological polar surface area (TPSA) is 47.0 Å². The Hall–Kier alpha value is -1.73. The maximum absolute atomic E-state index is 5.88. The van der Waals surface area contributed by atoms with Crippen molar-refractivity contribution in [1.82, 2.24) is 9.88 Å². The zero-order valence-corrected chi connectivity index (χ0v) is 18.7. The van der Waals surface area contributed by atoms with Crippen LogP contribution < -0.4 is 9.47 Å². The number of aliphatic imine (C=N–C) groups is 1. The number of fused-ring (bicyclic) bond motifs is 1. The summed E-state index contributed by atoms with van der Waals surface area (Å²) in [5.74, 6) is 2.56. The molecule has 5 nitrogen and oxygen atoms in total. The largest absolute Gasteiger partial charge is 0.492 e. The molecule has 0 unspecified atom stereocenters. The highest BCUT2D eigenvalue weighted by molar-refractivity contribution is 9.10. The van der Waals surface area contributed by atoms with E-state index in [1.165, 1.54) is 0 Å². The first-order valence-corrected chi connectivity index (χ1v) is 11.4. The molecule has 0 radical (unpaired) electrons. The smallest absolute Gasteiger partial charge is 0.174 e. The maximum atomic E-state index is 5.88. The summed E-state index contributed by atoms with van der Waals surface area (Å²) in [5.41, 5.74) is 2.15. The van der Waals surface area contributed by atoms with Crippen molar-refractivity contribution < 1.29 is 9.47 Å². The zero-order valence-electron chi connectivity index (χ0n) is 16.3. The predicted octanol–water partition coefficient (Wildman–Crippen LogP) is 5.23. The van der Waals surface area contributed by atoms with Crippen molar-refractivity contribution in [3.63, 3.8) is 0 Å². The van der Waals surface area contributed by atoms with E-state index in [2.05, 4.69) is 50.9 Å². The molecule has 1 aromatic heterocycles. The molecule has 7 heteroatoms. The van der Waals surface area contributed by atoms with Gasteiger partial charge in [-0.05, 0) is 59.1 Å². The Labute approximate surface area is 178 Å². The molecule has 3 atom stereocenters. The molecule has 1 aromatic carbocycles. The monoisotopic (exact) mass is 461 g/mol. The quantitative estimate of drug-likeness (QED) is 0.588. The standard InChI is InChI=1S/C21H24BrN3O2S/c1-4-14-12-28-21-24-18(16-8-6-7-9-23-16)19(25(14)21)13-10-15(22)20(26-3)17(11-13)27-5-2/h6-11,14,18-19H,4-5,12H2,1-3H3/t14-,18-,19+/m0/s1. The summed E-state index contributed by atoms with van der Waals surface area (Å²) in [6.45, 7) is 4.81. The van der Waals surface area contributed by atoms with Crippen molar-refractivity contribution in [3.05, 3.63) is 52.3 Å². The molecule has 0 N–H and O–H groups in total. The Balaban J connectivity index is 1.82. The van der Waals surface area contributed by atoms with Crippen molar-refractivity contribution in [3.8, 4) is 11.5 Å². The average molecular weight is 462 g/mol. The number of thioether (sulfide) groups is 1. The van der Waals surface area contributed by atoms with Crippen LogP contribution in [-0.4, -0.2) is 40.6 Å². The second-order valence-corrected chi connectivity index (χ2v) is 8.64. The number of amidine groups is 1. The molecule has 2 aliphatic rings. The van der Waals surface area contributed by atoms with Gasteiger partial charge in [0.1, 0.15) is 6.04 Å². The molecule has 0 amide bonds. The molecule has 0 saturated carbocycles. The van der Waals surface area contributed by atoms with E-state index in [0.717, 1.165) is 44.6 Å². The summed E-state index contributed by atoms with van der Waals surface area (Å²) in [4.78, 5) is 12.2. The summed E-state index contributed by atoms with van der Waals surface area (Å²) >= 11 is 5.52. The van der Waals surface area contributed by atoms with Crippen LogP contribution in [0.2, 0.25) is 0 Å². The Kier molecular flexibility index (Phi) is 5.83. The minimum atomic E-state index is -0.0344. The van der Waals surface area contributed by atoms with Gasteiger partial charge in [-0.25, -0.2) is 0 Å². The molecular formula is C21H24BrN3O2S. The fraction of sp³-hybridized carbons (Fsp3) is 0.429. The van der Waals surface area contributed by atoms with E-state index in [1.54, 1.807) is 7.11 Å². The van der Waals surface area contributed by atoms with Crippen LogP contribution in [0.25, 0.3) is 0 Å². The molecule has 2 aliphatic heterocycles. The minimum Gasteiger partial charge on any atom is -0.492 e. The van der Waals surface area contributed by atoms with E-state index >= 15 is 0 Å². The number of aromatic nitrogens is 1. The molecule has 0 spiro atoms. The van der Waals surface area contributed by atoms with E-state index in [-0.39, 0.29) is 12.1 Å². The summed E-state index contributed by atoms with van der Waals surface area (Å²) in [7, 11) is 1.67. The first-order valence-electron chi connectivity index (χ1n) is 9.58. The number of hydrogen-bond donors (Lipinski definition) is 0. The highest BCUT2D eigenvalue weighted by atomic mass is 79.9. The fourth-order valence-corrected chi connectivity index (χ4v) is 5.89. The number of halogens is 1. The number of methoxy groups -OCH3 is 1. The number of nitrogens with zero attached hydrogens (tertiary/aromatic N) is 3. The number of ether oxygens (including phenoxy) is 2. The van der Waals surface area contributed by atoms with Crippen LogP contribution >= 0.6 is 27.7 Å². The van der Waals surface area contributed by atoms with Crippen LogP contribution in [0.4, 0.5) is 0 Å². The van der Waals surface area contributed by atoms with Gasteiger partial charge in [-0.15, -0.1) is 0 Å². The van der Waals surface area contributed by atoms with E-state index in [1.807, 2.05) is 37.0 Å². The second-order valence-electron chi connectivity index (χ2n) is 6.80. The lowest BCUT2D eigenvalue weighted by molar-refractivity contribution is 0.253. The van der Waals surface area contributed by atoms with Gasteiger partial charge in [-0.1, -0.05) is 24.8 Å². The lowest BCUT2D eigenvalue weighted by Crippen LogP contribution is -2.35. The number of benzene rings is 1. The van der Waals surface area contributed by atoms with Gasteiger partial charge in [0.05, 0.1) is 29.9 Å². The Morgan fingerprint density at radius 3 is 2.82 bits per heavy atom. The first-order chi connectivity index (χ1) is 13.7. The molecule has 4 rings (SSSR count). The van der Waals surface area contributed by atoms with Crippen molar-refractivity contribution in [2.24, 2.45) is 4.99 Å². The van der Waals surface area contributed by atoms with Crippen molar-refractivity contribution in [2.75, 3.05) is 19.5 Å². The third kappa shape index (κ3) is 3.39. The van der Waals surface area contributed by atoms with Crippen LogP contribution in [-0.2, 0) is 0 Å². The van der Waals surface area contributed by atoms with Crippen LogP contribution in [0, 0.1) is 0 Å². The normalized spacial score (nSPS) is 23.5. The first kappa shape index (κ1) is 19.6. The molecule has 28 heavy (non-hydrogen) atoms. The summed E-state index contributed by atoms with van der Waals surface area (Å²) in [6, 6.07) is 10.8. The molecule has 2 aromatic rings. The van der Waals surface area contributed by atoms with Gasteiger partial charge < -0.3 is 14.4 Å². The Morgan fingerprint density at radius 1 is 1.29 bits per heavy atom. The molecule has 3 heterocycles. The summed E-state index contributed by atoms with van der Waals surface area (Å²) < 4.78 is 12.3. The number of hydrogen-bond acceptors (Lipinski definition) is 6. The van der Waals surface area contributed by atoms with Crippen molar-refractivity contribution >= 4 is 32.9 Å². The maximum Gasteiger partial charge on any atom is 0.174 e. The highest BCUT2D eigenvalue weighted by Gasteiger charge is 2.45. The fourth-order valence-electron chi connectivity index (χ4n) is 3.93. The van der Waals surface area contributed by atoms with Gasteiger partial charge in [0.2, 0.25) is 0 Å². The Morgan fingerprint density at radius 2 is 2.14 bits per heavy atom. The molecule has 1 fully saturated rings. The van der Waals surface area contributed by atoms with Crippen LogP contribution in [0.3, 0.4) is 0 Å². The van der Waals surface area contributed by atoms with Gasteiger partial charge >= 0.3 is 0 Å². The summed E-state index contributed by atoms with van der Waals surface area (Å²) in [5, 5.41) is 1.12. The third-order valence-electron chi connectivity index (χ3n) is 5.21. The van der Waals surface area contributed by atoms with E-state index in [4.69, 9.17) is 14.5 Å². The molecule has 0 bridgehead atoms. The lowest BCUT2D eigenvalue weighted by atomic mass is 9.95. The van der Waals surface area contributed by atoms with Crippen LogP contribution in [0.1, 0.15) is 43.6 Å². The van der Waals surface area contributed by atoms with E-state index in [0.29, 0.717) is 12.6 Å². The van der Waals surface area contributed by atoms with Crippen LogP contribution in [0.15, 0.2) is 46.0 Å². The van der Waals surface area contributed by atoms with Crippen molar-refractivity contribution in [1.29, 1.82) is 0 Å². The predicted molar refractivity (Wildman–Crippen MR) is 117 cm³/mol. The number of pyridine rings is 1. The van der Waals surface area contributed by atoms with Gasteiger partial charge in [0, 0.05) is 18.0 Å². The summed E-state index contributed by atoms with van der Waals surface area (Å²) in [6.07, 6.45) is 2.93. The molecule has 1 saturated heterocycles. The van der Waals surface area contributed by atoms with Gasteiger partial charge in [-0.3, -0.25) is 9.98 Å². The SMILES string of the molecule is CCOc1cc([C@@H]2[C@H](c3ccccn3)N=C3SC[C@H](CC)N32)cc(Br)c1OC. The van der Waals surface area contributed by atoms with Gasteiger partial charge in [-0.2, -0.15) is 0 Å².